The van der Waals surface area contributed by atoms with Gasteiger partial charge < -0.3 is 5.73 Å². The average Bonchev–Trinajstić information content (AvgIpc) is 2.49. The molecule has 7 heteroatoms. The van der Waals surface area contributed by atoms with Crippen LogP contribution in [0.25, 0.3) is 11.3 Å². The molecular weight excluding hydrogens is 260 g/mol. The lowest BCUT2D eigenvalue weighted by atomic mass is 10.0. The van der Waals surface area contributed by atoms with Crippen LogP contribution in [0, 0.1) is 5.41 Å². The Morgan fingerprint density at radius 2 is 1.84 bits per heavy atom. The van der Waals surface area contributed by atoms with Gasteiger partial charge in [0, 0.05) is 22.2 Å². The van der Waals surface area contributed by atoms with Crippen LogP contribution < -0.4 is 22.6 Å². The first kappa shape index (κ1) is 15.1. The van der Waals surface area contributed by atoms with Crippen LogP contribution in [-0.2, 0) is 0 Å². The minimum Gasteiger partial charge on any atom is -0.384 e. The van der Waals surface area contributed by atoms with Crippen LogP contribution in [0.2, 0.25) is 0 Å². The van der Waals surface area contributed by atoms with Crippen molar-refractivity contribution >= 4 is 17.8 Å². The Bertz CT molecular complexity index is 543. The lowest BCUT2D eigenvalue weighted by Crippen LogP contribution is -2.14. The molecule has 0 amide bonds. The first-order valence-corrected chi connectivity index (χ1v) is 6.21. The van der Waals surface area contributed by atoms with Crippen LogP contribution in [0.5, 0.6) is 0 Å². The smallest absolute Gasteiger partial charge is 0.124 e. The van der Waals surface area contributed by atoms with Crippen molar-refractivity contribution < 1.29 is 0 Å². The molecule has 6 nitrogen and oxygen atoms in total. The molecule has 0 spiro atoms. The van der Waals surface area contributed by atoms with Gasteiger partial charge in [0.05, 0.1) is 5.69 Å². The molecule has 9 N–H and O–H groups in total. The zero-order valence-electron chi connectivity index (χ0n) is 10.2. The Kier molecular flexibility index (Phi) is 5.97. The Hall–Kier alpha value is -1.93. The first-order chi connectivity index (χ1) is 9.24. The van der Waals surface area contributed by atoms with Gasteiger partial charge in [-0.1, -0.05) is 18.2 Å². The molecule has 19 heavy (non-hydrogen) atoms. The number of nitrogens with two attached hydrogens (primary N) is 4. The van der Waals surface area contributed by atoms with E-state index in [4.69, 9.17) is 16.3 Å². The molecule has 100 valence electrons. The molecule has 0 aliphatic carbocycles. The van der Waals surface area contributed by atoms with Crippen molar-refractivity contribution in [3.8, 4) is 11.3 Å². The molecule has 1 aromatic carbocycles. The van der Waals surface area contributed by atoms with Gasteiger partial charge in [-0.15, -0.1) is 0 Å². The third-order valence-corrected chi connectivity index (χ3v) is 2.96. The van der Waals surface area contributed by atoms with Gasteiger partial charge in [0.25, 0.3) is 0 Å². The quantitative estimate of drug-likeness (QED) is 0.185. The van der Waals surface area contributed by atoms with Gasteiger partial charge in [-0.3, -0.25) is 27.2 Å². The Morgan fingerprint density at radius 1 is 1.11 bits per heavy atom. The second kappa shape index (κ2) is 7.49. The van der Waals surface area contributed by atoms with E-state index >= 15 is 0 Å². The standard InChI is InChI=1S/C12H12N4S.H4N2/c13-12(14)11-8(4-3-6-10(11)17-15)9-5-1-2-7-16-9;1-2/h1-7H,15H2,(H3,13,14);1-2H2. The highest BCUT2D eigenvalue weighted by Crippen LogP contribution is 2.28. The summed E-state index contributed by atoms with van der Waals surface area (Å²) in [6.07, 6.45) is 1.71. The summed E-state index contributed by atoms with van der Waals surface area (Å²) >= 11 is 1.08. The molecule has 0 saturated heterocycles. The second-order valence-electron chi connectivity index (χ2n) is 3.43. The molecule has 1 aromatic heterocycles. The maximum Gasteiger partial charge on any atom is 0.124 e. The predicted octanol–water partition coefficient (Wildman–Crippen LogP) is 0.817. The fourth-order valence-corrected chi connectivity index (χ4v) is 2.14. The van der Waals surface area contributed by atoms with E-state index in [9.17, 15) is 0 Å². The summed E-state index contributed by atoms with van der Waals surface area (Å²) in [6, 6.07) is 11.2. The minimum absolute atomic E-state index is 0.000738. The number of pyridine rings is 1. The summed E-state index contributed by atoms with van der Waals surface area (Å²) in [6.45, 7) is 0. The maximum atomic E-state index is 7.65. The van der Waals surface area contributed by atoms with Crippen molar-refractivity contribution in [1.82, 2.24) is 4.98 Å². The summed E-state index contributed by atoms with van der Waals surface area (Å²) < 4.78 is 0. The summed E-state index contributed by atoms with van der Waals surface area (Å²) in [7, 11) is 0. The van der Waals surface area contributed by atoms with E-state index in [1.54, 1.807) is 6.20 Å². The van der Waals surface area contributed by atoms with E-state index in [0.29, 0.717) is 5.56 Å². The number of hydrogen-bond donors (Lipinski definition) is 5. The summed E-state index contributed by atoms with van der Waals surface area (Å²) in [5.74, 6) is 8.00. The van der Waals surface area contributed by atoms with Crippen molar-refractivity contribution in [2.45, 2.75) is 4.90 Å². The number of aromatic nitrogens is 1. The van der Waals surface area contributed by atoms with E-state index < -0.39 is 0 Å². The monoisotopic (exact) mass is 276 g/mol. The van der Waals surface area contributed by atoms with Gasteiger partial charge in [-0.25, -0.2) is 0 Å². The molecule has 0 atom stereocenters. The van der Waals surface area contributed by atoms with Gasteiger partial charge in [-0.05, 0) is 30.1 Å². The van der Waals surface area contributed by atoms with Gasteiger partial charge in [-0.2, -0.15) is 0 Å². The Labute approximate surface area is 115 Å². The Balaban J connectivity index is 0.000000861. The molecule has 0 aliphatic rings. The normalized spacial score (nSPS) is 9.42. The molecule has 0 fully saturated rings. The highest BCUT2D eigenvalue weighted by Gasteiger charge is 2.12. The maximum absolute atomic E-state index is 7.65. The number of nitrogens with one attached hydrogen (secondary N) is 1. The van der Waals surface area contributed by atoms with Gasteiger partial charge in [0.15, 0.2) is 0 Å². The van der Waals surface area contributed by atoms with Crippen molar-refractivity contribution in [2.75, 3.05) is 0 Å². The molecule has 0 saturated carbocycles. The van der Waals surface area contributed by atoms with Crippen LogP contribution in [-0.4, -0.2) is 10.8 Å². The average molecular weight is 276 g/mol. The number of hydrogen-bond acceptors (Lipinski definition) is 6. The van der Waals surface area contributed by atoms with Crippen molar-refractivity contribution in [2.24, 2.45) is 22.6 Å². The van der Waals surface area contributed by atoms with Crippen LogP contribution in [0.15, 0.2) is 47.5 Å². The molecule has 1 heterocycles. The molecule has 2 rings (SSSR count). The van der Waals surface area contributed by atoms with Crippen LogP contribution in [0.1, 0.15) is 5.56 Å². The molecule has 0 unspecified atom stereocenters. The summed E-state index contributed by atoms with van der Waals surface area (Å²) in [4.78, 5) is 5.04. The largest absolute Gasteiger partial charge is 0.384 e. The first-order valence-electron chi connectivity index (χ1n) is 5.33. The highest BCUT2D eigenvalue weighted by molar-refractivity contribution is 7.97. The van der Waals surface area contributed by atoms with Crippen molar-refractivity contribution in [3.63, 3.8) is 0 Å². The van der Waals surface area contributed by atoms with Gasteiger partial charge in [0.1, 0.15) is 5.84 Å². The zero-order valence-corrected chi connectivity index (χ0v) is 11.0. The lowest BCUT2D eigenvalue weighted by Gasteiger charge is -2.11. The molecule has 2 aromatic rings. The van der Waals surface area contributed by atoms with Crippen LogP contribution in [0.4, 0.5) is 0 Å². The molecule has 0 radical (unpaired) electrons. The lowest BCUT2D eigenvalue weighted by molar-refractivity contribution is 1.26. The molecule has 0 aliphatic heterocycles. The minimum atomic E-state index is -0.000738. The number of rotatable bonds is 3. The van der Waals surface area contributed by atoms with E-state index in [0.717, 1.165) is 28.1 Å². The second-order valence-corrected chi connectivity index (χ2v) is 4.10. The van der Waals surface area contributed by atoms with E-state index in [2.05, 4.69) is 16.7 Å². The summed E-state index contributed by atoms with van der Waals surface area (Å²) in [5, 5.41) is 13.2. The SMILES string of the molecule is N=C(N)c1c(SN)cccc1-c1ccccn1.NN. The fraction of sp³-hybridized carbons (Fsp3) is 0. The van der Waals surface area contributed by atoms with Crippen LogP contribution in [0.3, 0.4) is 0 Å². The fourth-order valence-electron chi connectivity index (χ4n) is 1.64. The van der Waals surface area contributed by atoms with Crippen LogP contribution >= 0.6 is 11.9 Å². The van der Waals surface area contributed by atoms with E-state index in [1.807, 2.05) is 36.4 Å². The zero-order chi connectivity index (χ0) is 14.3. The van der Waals surface area contributed by atoms with Crippen molar-refractivity contribution in [3.05, 3.63) is 48.2 Å². The number of hydrazine groups is 1. The topological polar surface area (TPSA) is 141 Å². The third kappa shape index (κ3) is 3.52. The van der Waals surface area contributed by atoms with E-state index in [-0.39, 0.29) is 5.84 Å². The number of nitrogens with zero attached hydrogens (tertiary/aromatic N) is 1. The highest BCUT2D eigenvalue weighted by atomic mass is 32.2. The van der Waals surface area contributed by atoms with Gasteiger partial charge in [0.2, 0.25) is 0 Å². The molecular formula is C12H16N6S. The van der Waals surface area contributed by atoms with Crippen molar-refractivity contribution in [1.29, 1.82) is 5.41 Å². The number of nitrogen functional groups attached to an aromatic ring is 1. The van der Waals surface area contributed by atoms with Gasteiger partial charge >= 0.3 is 0 Å². The third-order valence-electron chi connectivity index (χ3n) is 2.36. The molecule has 0 bridgehead atoms. The number of amidine groups is 1. The van der Waals surface area contributed by atoms with E-state index in [1.165, 1.54) is 0 Å². The summed E-state index contributed by atoms with van der Waals surface area (Å²) in [5.41, 5.74) is 7.87. The Morgan fingerprint density at radius 3 is 2.37 bits per heavy atom. The predicted molar refractivity (Wildman–Crippen MR) is 79.1 cm³/mol. The number of benzene rings is 1.